The van der Waals surface area contributed by atoms with E-state index in [2.05, 4.69) is 27.7 Å². The molecule has 1 aliphatic rings. The van der Waals surface area contributed by atoms with Crippen LogP contribution in [-0.4, -0.2) is 67.1 Å². The molecule has 0 radical (unpaired) electrons. The molecule has 2 amide bonds. The van der Waals surface area contributed by atoms with Gasteiger partial charge in [-0.25, -0.2) is 0 Å². The molecule has 1 fully saturated rings. The number of amides is 2. The fraction of sp³-hybridized carbons (Fsp3) is 0.481. The van der Waals surface area contributed by atoms with Crippen LogP contribution in [-0.2, 0) is 20.9 Å². The largest absolute Gasteiger partial charge is 0.374 e. The molecular weight excluding hydrogens is 428 g/mol. The third kappa shape index (κ3) is 7.30. The standard InChI is InChI=1S/C27H38N4O3/c1-21(2)29-27(3,4)26(33)28-24(20-34-19-22-11-7-5-8-12-22)25(32)31-17-15-30(16-18-31)23-13-9-6-10-14-23/h5-14,21,24,29H,15-20H2,1-4H3,(H,28,33)/t24-/m1/s1. The number of hydrogen-bond acceptors (Lipinski definition) is 5. The van der Waals surface area contributed by atoms with Gasteiger partial charge in [-0.15, -0.1) is 0 Å². The Hall–Kier alpha value is -2.90. The van der Waals surface area contributed by atoms with E-state index in [1.807, 2.05) is 81.1 Å². The second-order valence-electron chi connectivity index (χ2n) is 9.60. The van der Waals surface area contributed by atoms with Gasteiger partial charge in [-0.05, 0) is 45.4 Å². The molecule has 1 saturated heterocycles. The monoisotopic (exact) mass is 466 g/mol. The van der Waals surface area contributed by atoms with Crippen molar-refractivity contribution in [3.63, 3.8) is 0 Å². The molecule has 1 aliphatic heterocycles. The molecule has 2 aromatic rings. The molecule has 7 nitrogen and oxygen atoms in total. The lowest BCUT2D eigenvalue weighted by atomic mass is 10.0. The van der Waals surface area contributed by atoms with Crippen molar-refractivity contribution in [1.29, 1.82) is 0 Å². The summed E-state index contributed by atoms with van der Waals surface area (Å²) in [7, 11) is 0. The van der Waals surface area contributed by atoms with Crippen molar-refractivity contribution < 1.29 is 14.3 Å². The highest BCUT2D eigenvalue weighted by molar-refractivity contribution is 5.91. The Morgan fingerprint density at radius 3 is 2.12 bits per heavy atom. The van der Waals surface area contributed by atoms with Crippen LogP contribution in [0.3, 0.4) is 0 Å². The predicted molar refractivity (Wildman–Crippen MR) is 136 cm³/mol. The Morgan fingerprint density at radius 2 is 1.53 bits per heavy atom. The first-order valence-corrected chi connectivity index (χ1v) is 12.1. The zero-order chi connectivity index (χ0) is 24.6. The summed E-state index contributed by atoms with van der Waals surface area (Å²) < 4.78 is 5.89. The second kappa shape index (κ2) is 12.0. The predicted octanol–water partition coefficient (Wildman–Crippen LogP) is 2.81. The van der Waals surface area contributed by atoms with Gasteiger partial charge in [0.2, 0.25) is 11.8 Å². The molecule has 184 valence electrons. The number of para-hydroxylation sites is 1. The highest BCUT2D eigenvalue weighted by Crippen LogP contribution is 2.16. The Morgan fingerprint density at radius 1 is 0.941 bits per heavy atom. The molecule has 0 aromatic heterocycles. The smallest absolute Gasteiger partial charge is 0.247 e. The number of ether oxygens (including phenoxy) is 1. The summed E-state index contributed by atoms with van der Waals surface area (Å²) in [6.07, 6.45) is 0. The number of nitrogens with zero attached hydrogens (tertiary/aromatic N) is 2. The minimum absolute atomic E-state index is 0.102. The number of piperazine rings is 1. The van der Waals surface area contributed by atoms with Gasteiger partial charge >= 0.3 is 0 Å². The van der Waals surface area contributed by atoms with Gasteiger partial charge in [0.15, 0.2) is 0 Å². The maximum absolute atomic E-state index is 13.5. The first-order chi connectivity index (χ1) is 16.3. The van der Waals surface area contributed by atoms with Gasteiger partial charge in [-0.2, -0.15) is 0 Å². The number of carbonyl (C=O) groups is 2. The molecule has 0 saturated carbocycles. The molecule has 0 bridgehead atoms. The molecule has 0 spiro atoms. The van der Waals surface area contributed by atoms with E-state index in [4.69, 9.17) is 4.74 Å². The fourth-order valence-corrected chi connectivity index (χ4v) is 4.21. The second-order valence-corrected chi connectivity index (χ2v) is 9.60. The zero-order valence-electron chi connectivity index (χ0n) is 20.8. The average molecular weight is 467 g/mol. The highest BCUT2D eigenvalue weighted by Gasteiger charge is 2.34. The molecule has 34 heavy (non-hydrogen) atoms. The van der Waals surface area contributed by atoms with E-state index >= 15 is 0 Å². The molecule has 3 rings (SSSR count). The van der Waals surface area contributed by atoms with Crippen molar-refractivity contribution in [3.8, 4) is 0 Å². The topological polar surface area (TPSA) is 73.9 Å². The number of anilines is 1. The summed E-state index contributed by atoms with van der Waals surface area (Å²) in [6, 6.07) is 19.4. The van der Waals surface area contributed by atoms with E-state index < -0.39 is 11.6 Å². The zero-order valence-corrected chi connectivity index (χ0v) is 20.8. The van der Waals surface area contributed by atoms with Crippen LogP contribution < -0.4 is 15.5 Å². The first-order valence-electron chi connectivity index (χ1n) is 12.1. The molecule has 7 heteroatoms. The molecular formula is C27H38N4O3. The maximum atomic E-state index is 13.5. The van der Waals surface area contributed by atoms with Gasteiger partial charge in [-0.1, -0.05) is 48.5 Å². The Balaban J connectivity index is 1.64. The lowest BCUT2D eigenvalue weighted by molar-refractivity contribution is -0.140. The van der Waals surface area contributed by atoms with Gasteiger partial charge in [0.1, 0.15) is 6.04 Å². The SMILES string of the molecule is CC(C)NC(C)(C)C(=O)N[C@H](COCc1ccccc1)C(=O)N1CCN(c2ccccc2)CC1. The lowest BCUT2D eigenvalue weighted by Gasteiger charge is -2.38. The van der Waals surface area contributed by atoms with Gasteiger partial charge in [0, 0.05) is 37.9 Å². The van der Waals surface area contributed by atoms with E-state index in [1.165, 1.54) is 0 Å². The molecule has 0 aliphatic carbocycles. The highest BCUT2D eigenvalue weighted by atomic mass is 16.5. The van der Waals surface area contributed by atoms with E-state index in [0.717, 1.165) is 24.3 Å². The van der Waals surface area contributed by atoms with E-state index in [9.17, 15) is 9.59 Å². The molecule has 1 atom stereocenters. The fourth-order valence-electron chi connectivity index (χ4n) is 4.21. The minimum atomic E-state index is -0.807. The number of carbonyl (C=O) groups excluding carboxylic acids is 2. The van der Waals surface area contributed by atoms with Crippen LogP contribution in [0.1, 0.15) is 33.3 Å². The van der Waals surface area contributed by atoms with Crippen LogP contribution in [0.5, 0.6) is 0 Å². The Labute approximate surface area is 203 Å². The van der Waals surface area contributed by atoms with Crippen LogP contribution in [0.15, 0.2) is 60.7 Å². The van der Waals surface area contributed by atoms with E-state index in [-0.39, 0.29) is 24.5 Å². The van der Waals surface area contributed by atoms with Crippen LogP contribution in [0, 0.1) is 0 Å². The minimum Gasteiger partial charge on any atom is -0.374 e. The quantitative estimate of drug-likeness (QED) is 0.563. The molecule has 2 aromatic carbocycles. The Kier molecular flexibility index (Phi) is 9.07. The van der Waals surface area contributed by atoms with Crippen molar-refractivity contribution in [3.05, 3.63) is 66.2 Å². The summed E-state index contributed by atoms with van der Waals surface area (Å²) in [5.41, 5.74) is 1.38. The molecule has 1 heterocycles. The summed E-state index contributed by atoms with van der Waals surface area (Å²) in [5.74, 6) is -0.319. The van der Waals surface area contributed by atoms with Crippen molar-refractivity contribution in [1.82, 2.24) is 15.5 Å². The average Bonchev–Trinajstić information content (AvgIpc) is 2.83. The molecule has 2 N–H and O–H groups in total. The number of hydrogen-bond donors (Lipinski definition) is 2. The van der Waals surface area contributed by atoms with Crippen molar-refractivity contribution in [2.24, 2.45) is 0 Å². The van der Waals surface area contributed by atoms with E-state index in [0.29, 0.717) is 19.7 Å². The van der Waals surface area contributed by atoms with Crippen LogP contribution in [0.2, 0.25) is 0 Å². The summed E-state index contributed by atoms with van der Waals surface area (Å²) in [4.78, 5) is 30.6. The van der Waals surface area contributed by atoms with Gasteiger partial charge < -0.3 is 25.2 Å². The van der Waals surface area contributed by atoms with E-state index in [1.54, 1.807) is 0 Å². The maximum Gasteiger partial charge on any atom is 0.247 e. The van der Waals surface area contributed by atoms with Crippen LogP contribution >= 0.6 is 0 Å². The van der Waals surface area contributed by atoms with Crippen LogP contribution in [0.4, 0.5) is 5.69 Å². The summed E-state index contributed by atoms with van der Waals surface area (Å²) in [5, 5.41) is 6.22. The summed E-state index contributed by atoms with van der Waals surface area (Å²) >= 11 is 0. The van der Waals surface area contributed by atoms with Gasteiger partial charge in [0.25, 0.3) is 0 Å². The number of benzene rings is 2. The first kappa shape index (κ1) is 25.7. The lowest BCUT2D eigenvalue weighted by Crippen LogP contribution is -2.61. The van der Waals surface area contributed by atoms with Crippen molar-refractivity contribution >= 4 is 17.5 Å². The van der Waals surface area contributed by atoms with Crippen molar-refractivity contribution in [2.75, 3.05) is 37.7 Å². The summed E-state index contributed by atoms with van der Waals surface area (Å²) in [6.45, 7) is 10.9. The molecule has 0 unspecified atom stereocenters. The number of rotatable bonds is 10. The van der Waals surface area contributed by atoms with Crippen LogP contribution in [0.25, 0.3) is 0 Å². The van der Waals surface area contributed by atoms with Crippen molar-refractivity contribution in [2.45, 2.75) is 51.9 Å². The third-order valence-corrected chi connectivity index (χ3v) is 5.93. The van der Waals surface area contributed by atoms with Gasteiger partial charge in [0.05, 0.1) is 18.8 Å². The normalized spacial score (nSPS) is 15.3. The van der Waals surface area contributed by atoms with Gasteiger partial charge in [-0.3, -0.25) is 9.59 Å². The Bertz CT molecular complexity index is 910. The third-order valence-electron chi connectivity index (χ3n) is 5.93. The number of nitrogens with one attached hydrogen (secondary N) is 2.